The van der Waals surface area contributed by atoms with Crippen LogP contribution in [0.3, 0.4) is 0 Å². The van der Waals surface area contributed by atoms with Crippen LogP contribution in [0.2, 0.25) is 0 Å². The molecule has 0 spiro atoms. The summed E-state index contributed by atoms with van der Waals surface area (Å²) in [5, 5.41) is 14.0. The molecule has 180 valence electrons. The lowest BCUT2D eigenvalue weighted by Crippen LogP contribution is -2.40. The van der Waals surface area contributed by atoms with Gasteiger partial charge in [0.15, 0.2) is 0 Å². The third kappa shape index (κ3) is 5.60. The Kier molecular flexibility index (Phi) is 6.46. The van der Waals surface area contributed by atoms with E-state index in [2.05, 4.69) is 10.6 Å². The molecule has 7 nitrogen and oxygen atoms in total. The number of fused-ring (bicyclic) bond motifs is 1. The van der Waals surface area contributed by atoms with Crippen molar-refractivity contribution in [2.75, 3.05) is 23.7 Å². The summed E-state index contributed by atoms with van der Waals surface area (Å²) in [6.45, 7) is -0.000575. The molecular formula is C25H20F3N3O4. The minimum atomic E-state index is -4.45. The minimum Gasteiger partial charge on any atom is -0.480 e. The summed E-state index contributed by atoms with van der Waals surface area (Å²) in [6.07, 6.45) is -3.90. The summed E-state index contributed by atoms with van der Waals surface area (Å²) < 4.78 is 37.9. The number of amides is 3. The van der Waals surface area contributed by atoms with E-state index in [4.69, 9.17) is 5.11 Å². The molecule has 0 saturated carbocycles. The monoisotopic (exact) mass is 483 g/mol. The number of carbonyl (C=O) groups is 3. The second-order valence-electron chi connectivity index (χ2n) is 7.97. The third-order valence-electron chi connectivity index (χ3n) is 5.55. The molecule has 3 amide bonds. The third-order valence-corrected chi connectivity index (χ3v) is 5.55. The van der Waals surface area contributed by atoms with E-state index in [0.29, 0.717) is 24.2 Å². The smallest absolute Gasteiger partial charge is 0.416 e. The summed E-state index contributed by atoms with van der Waals surface area (Å²) in [6, 6.07) is 15.8. The Labute approximate surface area is 198 Å². The molecule has 0 aromatic heterocycles. The molecule has 1 heterocycles. The maximum atomic E-state index is 12.6. The van der Waals surface area contributed by atoms with Crippen molar-refractivity contribution >= 4 is 29.3 Å². The van der Waals surface area contributed by atoms with Gasteiger partial charge in [-0.1, -0.05) is 24.3 Å². The van der Waals surface area contributed by atoms with Crippen LogP contribution in [-0.2, 0) is 17.4 Å². The second-order valence-corrected chi connectivity index (χ2v) is 7.97. The van der Waals surface area contributed by atoms with E-state index in [1.54, 1.807) is 36.4 Å². The first-order valence-electron chi connectivity index (χ1n) is 10.6. The van der Waals surface area contributed by atoms with E-state index in [-0.39, 0.29) is 18.1 Å². The van der Waals surface area contributed by atoms with Crippen LogP contribution < -0.4 is 10.6 Å². The van der Waals surface area contributed by atoms with Crippen LogP contribution in [0.1, 0.15) is 21.5 Å². The summed E-state index contributed by atoms with van der Waals surface area (Å²) in [5.74, 6) is -1.36. The molecule has 3 N–H and O–H groups in total. The highest BCUT2D eigenvalue weighted by molar-refractivity contribution is 6.00. The second kappa shape index (κ2) is 9.49. The number of benzene rings is 3. The number of alkyl halides is 3. The van der Waals surface area contributed by atoms with Gasteiger partial charge >= 0.3 is 18.2 Å². The molecule has 1 aliphatic heterocycles. The fourth-order valence-corrected chi connectivity index (χ4v) is 3.81. The van der Waals surface area contributed by atoms with Crippen molar-refractivity contribution < 1.29 is 32.7 Å². The van der Waals surface area contributed by atoms with Gasteiger partial charge in [-0.3, -0.25) is 9.59 Å². The van der Waals surface area contributed by atoms with E-state index in [0.717, 1.165) is 28.8 Å². The highest BCUT2D eigenvalue weighted by Gasteiger charge is 2.30. The van der Waals surface area contributed by atoms with Crippen LogP contribution in [0, 0.1) is 0 Å². The Morgan fingerprint density at radius 1 is 0.886 bits per heavy atom. The van der Waals surface area contributed by atoms with Gasteiger partial charge in [0, 0.05) is 23.5 Å². The lowest BCUT2D eigenvalue weighted by Gasteiger charge is -2.27. The average molecular weight is 483 g/mol. The van der Waals surface area contributed by atoms with E-state index in [1.165, 1.54) is 17.0 Å². The summed E-state index contributed by atoms with van der Waals surface area (Å²) in [4.78, 5) is 36.9. The van der Waals surface area contributed by atoms with Crippen LogP contribution in [0.5, 0.6) is 0 Å². The summed E-state index contributed by atoms with van der Waals surface area (Å²) in [5.41, 5.74) is 2.94. The number of halogens is 3. The quantitative estimate of drug-likeness (QED) is 0.470. The molecule has 10 heteroatoms. The Morgan fingerprint density at radius 3 is 2.03 bits per heavy atom. The van der Waals surface area contributed by atoms with Gasteiger partial charge in [-0.2, -0.15) is 13.2 Å². The molecule has 3 aromatic carbocycles. The summed E-state index contributed by atoms with van der Waals surface area (Å²) >= 11 is 0. The number of nitrogens with zero attached hydrogens (tertiary/aromatic N) is 1. The number of hydrogen-bond donors (Lipinski definition) is 3. The molecule has 0 atom stereocenters. The molecule has 1 aliphatic rings. The molecule has 0 bridgehead atoms. The Bertz CT molecular complexity index is 1270. The zero-order valence-corrected chi connectivity index (χ0v) is 18.2. The predicted octanol–water partition coefficient (Wildman–Crippen LogP) is 5.10. The van der Waals surface area contributed by atoms with E-state index in [1.807, 2.05) is 6.07 Å². The van der Waals surface area contributed by atoms with E-state index >= 15 is 0 Å². The molecule has 0 fully saturated rings. The van der Waals surface area contributed by atoms with E-state index in [9.17, 15) is 27.6 Å². The topological polar surface area (TPSA) is 98.7 Å². The number of carbonyl (C=O) groups excluding carboxylic acids is 2. The van der Waals surface area contributed by atoms with Crippen LogP contribution in [-0.4, -0.2) is 41.0 Å². The number of rotatable bonds is 5. The SMILES string of the molecule is O=C(O)CN1CCc2cc(-c3ccc(NC(=O)Nc4ccc(C(F)(F)F)cc4)cc3)ccc2C1=O. The van der Waals surface area contributed by atoms with E-state index < -0.39 is 23.7 Å². The Hall–Kier alpha value is -4.34. The number of hydrogen-bond acceptors (Lipinski definition) is 3. The van der Waals surface area contributed by atoms with Crippen molar-refractivity contribution in [3.63, 3.8) is 0 Å². The van der Waals surface area contributed by atoms with Crippen LogP contribution >= 0.6 is 0 Å². The molecule has 3 aromatic rings. The van der Waals surface area contributed by atoms with Crippen LogP contribution in [0.25, 0.3) is 11.1 Å². The van der Waals surface area contributed by atoms with Gasteiger partial charge in [0.25, 0.3) is 5.91 Å². The molecule has 0 saturated heterocycles. The van der Waals surface area contributed by atoms with Crippen molar-refractivity contribution in [3.8, 4) is 11.1 Å². The normalized spacial score (nSPS) is 13.2. The summed E-state index contributed by atoms with van der Waals surface area (Å²) in [7, 11) is 0. The molecule has 0 unspecified atom stereocenters. The molecule has 0 radical (unpaired) electrons. The lowest BCUT2D eigenvalue weighted by atomic mass is 9.94. The first-order valence-corrected chi connectivity index (χ1v) is 10.6. The Balaban J connectivity index is 1.40. The molecule has 4 rings (SSSR count). The van der Waals surface area contributed by atoms with Gasteiger partial charge in [0.2, 0.25) is 0 Å². The lowest BCUT2D eigenvalue weighted by molar-refractivity contribution is -0.138. The fourth-order valence-electron chi connectivity index (χ4n) is 3.81. The van der Waals surface area contributed by atoms with Crippen molar-refractivity contribution in [3.05, 3.63) is 83.4 Å². The highest BCUT2D eigenvalue weighted by Crippen LogP contribution is 2.30. The number of nitrogens with one attached hydrogen (secondary N) is 2. The predicted molar refractivity (Wildman–Crippen MR) is 123 cm³/mol. The van der Waals surface area contributed by atoms with Gasteiger partial charge < -0.3 is 20.6 Å². The van der Waals surface area contributed by atoms with Gasteiger partial charge in [-0.05, 0) is 65.6 Å². The van der Waals surface area contributed by atoms with Crippen LogP contribution in [0.15, 0.2) is 66.7 Å². The van der Waals surface area contributed by atoms with Gasteiger partial charge in [-0.25, -0.2) is 4.79 Å². The average Bonchev–Trinajstić information content (AvgIpc) is 2.81. The fraction of sp³-hybridized carbons (Fsp3) is 0.160. The number of carboxylic acids is 1. The van der Waals surface area contributed by atoms with Crippen LogP contribution in [0.4, 0.5) is 29.3 Å². The van der Waals surface area contributed by atoms with Crippen molar-refractivity contribution in [2.45, 2.75) is 12.6 Å². The standard InChI is InChI=1S/C25H20F3N3O4/c26-25(27,28)18-4-8-20(9-5-18)30-24(35)29-19-6-1-15(2-7-19)16-3-10-21-17(13-16)11-12-31(23(21)34)14-22(32)33/h1-10,13H,11-12,14H2,(H,32,33)(H2,29,30,35). The highest BCUT2D eigenvalue weighted by atomic mass is 19.4. The van der Waals surface area contributed by atoms with Crippen molar-refractivity contribution in [2.24, 2.45) is 0 Å². The largest absolute Gasteiger partial charge is 0.480 e. The zero-order chi connectivity index (χ0) is 25.2. The van der Waals surface area contributed by atoms with Crippen molar-refractivity contribution in [1.82, 2.24) is 4.90 Å². The first-order chi connectivity index (χ1) is 16.6. The molecular weight excluding hydrogens is 463 g/mol. The number of aliphatic carboxylic acids is 1. The molecule has 0 aliphatic carbocycles. The number of anilines is 2. The maximum absolute atomic E-state index is 12.6. The molecule has 35 heavy (non-hydrogen) atoms. The van der Waals surface area contributed by atoms with Gasteiger partial charge in [0.1, 0.15) is 6.54 Å². The number of carboxylic acid groups (broad SMARTS) is 1. The maximum Gasteiger partial charge on any atom is 0.416 e. The van der Waals surface area contributed by atoms with Gasteiger partial charge in [-0.15, -0.1) is 0 Å². The van der Waals surface area contributed by atoms with Gasteiger partial charge in [0.05, 0.1) is 5.56 Å². The number of urea groups is 1. The first kappa shape index (κ1) is 23.8. The Morgan fingerprint density at radius 2 is 1.46 bits per heavy atom. The minimum absolute atomic E-state index is 0.220. The van der Waals surface area contributed by atoms with Crippen molar-refractivity contribution in [1.29, 1.82) is 0 Å². The zero-order valence-electron chi connectivity index (χ0n) is 18.2.